The first-order valence-electron chi connectivity index (χ1n) is 6.57. The Kier molecular flexibility index (Phi) is 5.32. The van der Waals surface area contributed by atoms with E-state index in [-0.39, 0.29) is 11.4 Å². The number of halogens is 1. The molecule has 23 heavy (non-hydrogen) atoms. The Hall–Kier alpha value is -2.86. The molecule has 118 valence electrons. The maximum Gasteiger partial charge on any atom is 0.296 e. The molecule has 0 heterocycles. The SMILES string of the molecule is COc1ccc(NC(=O)C=Cc2ccccc2Cl)c([N+](=O)[O-])c1. The van der Waals surface area contributed by atoms with E-state index < -0.39 is 10.8 Å². The monoisotopic (exact) mass is 332 g/mol. The lowest BCUT2D eigenvalue weighted by Crippen LogP contribution is -2.09. The molecule has 0 saturated heterocycles. The summed E-state index contributed by atoms with van der Waals surface area (Å²) in [7, 11) is 1.41. The van der Waals surface area contributed by atoms with Crippen molar-refractivity contribution in [3.05, 3.63) is 69.2 Å². The van der Waals surface area contributed by atoms with Crippen LogP contribution in [-0.2, 0) is 4.79 Å². The van der Waals surface area contributed by atoms with E-state index in [1.807, 2.05) is 0 Å². The number of amides is 1. The van der Waals surface area contributed by atoms with E-state index in [1.54, 1.807) is 24.3 Å². The largest absolute Gasteiger partial charge is 0.496 e. The Bertz CT molecular complexity index is 774. The lowest BCUT2D eigenvalue weighted by molar-refractivity contribution is -0.384. The number of benzene rings is 2. The maximum absolute atomic E-state index is 11.9. The number of hydrogen-bond acceptors (Lipinski definition) is 4. The third-order valence-corrected chi connectivity index (χ3v) is 3.32. The predicted molar refractivity (Wildman–Crippen MR) is 88.8 cm³/mol. The van der Waals surface area contributed by atoms with E-state index in [2.05, 4.69) is 5.32 Å². The number of nitrogens with one attached hydrogen (secondary N) is 1. The third-order valence-electron chi connectivity index (χ3n) is 2.98. The van der Waals surface area contributed by atoms with Gasteiger partial charge in [-0.1, -0.05) is 29.8 Å². The van der Waals surface area contributed by atoms with Gasteiger partial charge < -0.3 is 10.1 Å². The number of carbonyl (C=O) groups is 1. The summed E-state index contributed by atoms with van der Waals surface area (Å²) in [4.78, 5) is 22.4. The Labute approximate surface area is 137 Å². The van der Waals surface area contributed by atoms with Crippen LogP contribution in [0.25, 0.3) is 6.08 Å². The summed E-state index contributed by atoms with van der Waals surface area (Å²) in [5.74, 6) is -0.167. The van der Waals surface area contributed by atoms with Crippen molar-refractivity contribution in [2.45, 2.75) is 0 Å². The van der Waals surface area contributed by atoms with Crippen molar-refractivity contribution >= 4 is 35.0 Å². The van der Waals surface area contributed by atoms with Crippen molar-refractivity contribution in [1.29, 1.82) is 0 Å². The second-order valence-corrected chi connectivity index (χ2v) is 4.89. The molecule has 0 spiro atoms. The van der Waals surface area contributed by atoms with Gasteiger partial charge in [0.1, 0.15) is 11.4 Å². The van der Waals surface area contributed by atoms with E-state index in [0.717, 1.165) is 0 Å². The molecule has 2 aromatic rings. The molecule has 0 aliphatic rings. The van der Waals surface area contributed by atoms with Crippen LogP contribution in [0.2, 0.25) is 5.02 Å². The zero-order chi connectivity index (χ0) is 16.8. The summed E-state index contributed by atoms with van der Waals surface area (Å²) in [6, 6.07) is 11.2. The summed E-state index contributed by atoms with van der Waals surface area (Å²) in [5, 5.41) is 14.0. The van der Waals surface area contributed by atoms with Gasteiger partial charge in [-0.15, -0.1) is 0 Å². The van der Waals surface area contributed by atoms with E-state index in [0.29, 0.717) is 16.3 Å². The van der Waals surface area contributed by atoms with Gasteiger partial charge in [-0.05, 0) is 29.8 Å². The first kappa shape index (κ1) is 16.5. The van der Waals surface area contributed by atoms with Gasteiger partial charge in [-0.25, -0.2) is 0 Å². The Morgan fingerprint density at radius 1 is 1.30 bits per heavy atom. The molecule has 1 amide bonds. The van der Waals surface area contributed by atoms with Crippen LogP contribution in [0.4, 0.5) is 11.4 Å². The van der Waals surface area contributed by atoms with Gasteiger partial charge in [0, 0.05) is 11.1 Å². The summed E-state index contributed by atoms with van der Waals surface area (Å²) in [6.07, 6.45) is 2.79. The molecule has 0 atom stereocenters. The van der Waals surface area contributed by atoms with Crippen molar-refractivity contribution in [3.63, 3.8) is 0 Å². The highest BCUT2D eigenvalue weighted by Crippen LogP contribution is 2.29. The fraction of sp³-hybridized carbons (Fsp3) is 0.0625. The van der Waals surface area contributed by atoms with Crippen molar-refractivity contribution in [2.75, 3.05) is 12.4 Å². The van der Waals surface area contributed by atoms with Crippen molar-refractivity contribution in [1.82, 2.24) is 0 Å². The van der Waals surface area contributed by atoms with Gasteiger partial charge in [0.25, 0.3) is 5.69 Å². The number of carbonyl (C=O) groups excluding carboxylic acids is 1. The number of nitro benzene ring substituents is 1. The third kappa shape index (κ3) is 4.31. The van der Waals surface area contributed by atoms with Gasteiger partial charge in [0.2, 0.25) is 5.91 Å². The summed E-state index contributed by atoms with van der Waals surface area (Å²) in [5.41, 5.74) is 0.516. The molecule has 0 radical (unpaired) electrons. The number of methoxy groups -OCH3 is 1. The van der Waals surface area contributed by atoms with E-state index in [9.17, 15) is 14.9 Å². The topological polar surface area (TPSA) is 81.5 Å². The van der Waals surface area contributed by atoms with E-state index in [4.69, 9.17) is 16.3 Å². The predicted octanol–water partition coefficient (Wildman–Crippen LogP) is 3.91. The molecule has 2 rings (SSSR count). The van der Waals surface area contributed by atoms with E-state index in [1.165, 1.54) is 37.5 Å². The molecule has 0 aliphatic heterocycles. The molecule has 7 heteroatoms. The van der Waals surface area contributed by atoms with E-state index >= 15 is 0 Å². The van der Waals surface area contributed by atoms with Crippen molar-refractivity contribution in [2.24, 2.45) is 0 Å². The average Bonchev–Trinajstić information content (AvgIpc) is 2.54. The molecular formula is C16H13ClN2O4. The molecule has 0 saturated carbocycles. The van der Waals surface area contributed by atoms with Crippen LogP contribution in [0.3, 0.4) is 0 Å². The number of rotatable bonds is 5. The summed E-state index contributed by atoms with van der Waals surface area (Å²) >= 11 is 5.98. The zero-order valence-corrected chi connectivity index (χ0v) is 12.9. The van der Waals surface area contributed by atoms with Crippen LogP contribution in [0.15, 0.2) is 48.5 Å². The molecule has 2 aromatic carbocycles. The summed E-state index contributed by atoms with van der Waals surface area (Å²) in [6.45, 7) is 0. The highest BCUT2D eigenvalue weighted by Gasteiger charge is 2.16. The second-order valence-electron chi connectivity index (χ2n) is 4.48. The van der Waals surface area contributed by atoms with Crippen LogP contribution < -0.4 is 10.1 Å². The lowest BCUT2D eigenvalue weighted by atomic mass is 10.2. The van der Waals surface area contributed by atoms with Gasteiger partial charge in [-0.2, -0.15) is 0 Å². The molecule has 0 fully saturated rings. The highest BCUT2D eigenvalue weighted by molar-refractivity contribution is 6.32. The quantitative estimate of drug-likeness (QED) is 0.511. The van der Waals surface area contributed by atoms with Crippen LogP contribution in [0.5, 0.6) is 5.75 Å². The molecule has 1 N–H and O–H groups in total. The first-order valence-corrected chi connectivity index (χ1v) is 6.95. The molecule has 0 unspecified atom stereocenters. The number of nitro groups is 1. The van der Waals surface area contributed by atoms with Gasteiger partial charge in [0.05, 0.1) is 18.1 Å². The second kappa shape index (κ2) is 7.42. The minimum atomic E-state index is -0.587. The minimum absolute atomic E-state index is 0.0876. The molecule has 0 aromatic heterocycles. The van der Waals surface area contributed by atoms with Gasteiger partial charge >= 0.3 is 0 Å². The molecule has 6 nitrogen and oxygen atoms in total. The minimum Gasteiger partial charge on any atom is -0.496 e. The van der Waals surface area contributed by atoms with Crippen LogP contribution in [0.1, 0.15) is 5.56 Å². The number of nitrogens with zero attached hydrogens (tertiary/aromatic N) is 1. The number of hydrogen-bond donors (Lipinski definition) is 1. The number of ether oxygens (including phenoxy) is 1. The molecule has 0 aliphatic carbocycles. The van der Waals surface area contributed by atoms with Crippen molar-refractivity contribution in [3.8, 4) is 5.75 Å². The standard InChI is InChI=1S/C16H13ClN2O4/c1-23-12-7-8-14(15(10-12)19(21)22)18-16(20)9-6-11-4-2-3-5-13(11)17/h2-10H,1H3,(H,18,20). The Morgan fingerprint density at radius 2 is 2.04 bits per heavy atom. The van der Waals surface area contributed by atoms with Crippen LogP contribution in [0, 0.1) is 10.1 Å². The average molecular weight is 333 g/mol. The smallest absolute Gasteiger partial charge is 0.296 e. The maximum atomic E-state index is 11.9. The highest BCUT2D eigenvalue weighted by atomic mass is 35.5. The fourth-order valence-corrected chi connectivity index (χ4v) is 2.04. The first-order chi connectivity index (χ1) is 11.0. The summed E-state index contributed by atoms with van der Waals surface area (Å²) < 4.78 is 4.94. The zero-order valence-electron chi connectivity index (χ0n) is 12.2. The molecular weight excluding hydrogens is 320 g/mol. The lowest BCUT2D eigenvalue weighted by Gasteiger charge is -2.05. The van der Waals surface area contributed by atoms with Crippen molar-refractivity contribution < 1.29 is 14.5 Å². The Balaban J connectivity index is 2.17. The van der Waals surface area contributed by atoms with Gasteiger partial charge in [0.15, 0.2) is 0 Å². The van der Waals surface area contributed by atoms with Crippen LogP contribution in [-0.4, -0.2) is 17.9 Å². The fourth-order valence-electron chi connectivity index (χ4n) is 1.85. The van der Waals surface area contributed by atoms with Crippen LogP contribution >= 0.6 is 11.6 Å². The van der Waals surface area contributed by atoms with Gasteiger partial charge in [-0.3, -0.25) is 14.9 Å². The Morgan fingerprint density at radius 3 is 2.70 bits per heavy atom. The normalized spacial score (nSPS) is 10.5. The molecule has 0 bridgehead atoms. The number of anilines is 1.